The summed E-state index contributed by atoms with van der Waals surface area (Å²) in [6, 6.07) is 1.80. The van der Waals surface area contributed by atoms with Crippen molar-refractivity contribution in [3.05, 3.63) is 36.2 Å². The van der Waals surface area contributed by atoms with Crippen LogP contribution in [0.25, 0.3) is 0 Å². The minimum absolute atomic E-state index is 0.731. The summed E-state index contributed by atoms with van der Waals surface area (Å²) in [5, 5.41) is 0. The Kier molecular flexibility index (Phi) is 2.66. The average Bonchev–Trinajstić information content (AvgIpc) is 2.48. The lowest BCUT2D eigenvalue weighted by Crippen LogP contribution is -1.89. The van der Waals surface area contributed by atoms with Crippen molar-refractivity contribution < 1.29 is 4.79 Å². The van der Waals surface area contributed by atoms with Gasteiger partial charge in [0.15, 0.2) is 6.29 Å². The Morgan fingerprint density at radius 3 is 3.00 bits per heavy atom. The summed E-state index contributed by atoms with van der Waals surface area (Å²) in [4.78, 5) is 10.3. The lowest BCUT2D eigenvalue weighted by molar-refractivity contribution is 0.112. The zero-order valence-corrected chi connectivity index (χ0v) is 6.53. The molecule has 1 aromatic rings. The Bertz CT molecular complexity index is 260. The Balaban J connectivity index is 2.65. The summed E-state index contributed by atoms with van der Waals surface area (Å²) < 4.78 is 1.96. The van der Waals surface area contributed by atoms with Gasteiger partial charge in [-0.15, -0.1) is 0 Å². The molecule has 0 aliphatic rings. The van der Waals surface area contributed by atoms with E-state index in [1.807, 2.05) is 36.0 Å². The van der Waals surface area contributed by atoms with Gasteiger partial charge in [0.1, 0.15) is 0 Å². The van der Waals surface area contributed by atoms with Crippen LogP contribution in [0.1, 0.15) is 17.3 Å². The predicted octanol–water partition coefficient (Wildman–Crippen LogP) is 1.88. The highest BCUT2D eigenvalue weighted by Gasteiger charge is 1.90. The van der Waals surface area contributed by atoms with E-state index in [0.29, 0.717) is 0 Å². The summed E-state index contributed by atoms with van der Waals surface area (Å²) >= 11 is 0. The van der Waals surface area contributed by atoms with Crippen molar-refractivity contribution in [3.8, 4) is 0 Å². The first-order chi connectivity index (χ1) is 5.36. The predicted molar refractivity (Wildman–Crippen MR) is 44.6 cm³/mol. The van der Waals surface area contributed by atoms with E-state index < -0.39 is 0 Å². The first-order valence-electron chi connectivity index (χ1n) is 3.59. The molecule has 0 bridgehead atoms. The molecule has 11 heavy (non-hydrogen) atoms. The Morgan fingerprint density at radius 1 is 1.64 bits per heavy atom. The second kappa shape index (κ2) is 3.76. The van der Waals surface area contributed by atoms with Gasteiger partial charge in [0.05, 0.1) is 0 Å². The van der Waals surface area contributed by atoms with E-state index in [-0.39, 0.29) is 0 Å². The van der Waals surface area contributed by atoms with Gasteiger partial charge in [-0.25, -0.2) is 0 Å². The van der Waals surface area contributed by atoms with Crippen molar-refractivity contribution in [1.29, 1.82) is 0 Å². The zero-order valence-electron chi connectivity index (χ0n) is 6.53. The molecular weight excluding hydrogens is 138 g/mol. The molecule has 1 rings (SSSR count). The Hall–Kier alpha value is -1.31. The van der Waals surface area contributed by atoms with Crippen LogP contribution in [0.15, 0.2) is 30.6 Å². The fourth-order valence-corrected chi connectivity index (χ4v) is 0.870. The highest BCUT2D eigenvalue weighted by molar-refractivity contribution is 5.74. The molecule has 1 heterocycles. The van der Waals surface area contributed by atoms with Crippen LogP contribution in [0, 0.1) is 0 Å². The molecule has 0 unspecified atom stereocenters. The van der Waals surface area contributed by atoms with Crippen molar-refractivity contribution in [2.24, 2.45) is 0 Å². The summed E-state index contributed by atoms with van der Waals surface area (Å²) in [6.45, 7) is 2.81. The molecule has 0 saturated heterocycles. The highest BCUT2D eigenvalue weighted by atomic mass is 16.1. The molecule has 0 radical (unpaired) electrons. The van der Waals surface area contributed by atoms with Gasteiger partial charge in [-0.2, -0.15) is 0 Å². The molecule has 0 fully saturated rings. The summed E-state index contributed by atoms with van der Waals surface area (Å²) in [7, 11) is 0. The van der Waals surface area contributed by atoms with Gasteiger partial charge < -0.3 is 4.57 Å². The van der Waals surface area contributed by atoms with E-state index in [1.165, 1.54) is 0 Å². The van der Waals surface area contributed by atoms with Gasteiger partial charge in [-0.1, -0.05) is 12.2 Å². The van der Waals surface area contributed by atoms with Crippen molar-refractivity contribution in [1.82, 2.24) is 4.57 Å². The molecule has 0 aliphatic heterocycles. The standard InChI is InChI=1S/C9H11NO/c1-2-3-5-10-6-4-9(7-10)8-11/h2-4,6-8H,5H2,1H3. The molecule has 58 valence electrons. The number of allylic oxidation sites excluding steroid dienone is 2. The third kappa shape index (κ3) is 2.08. The topological polar surface area (TPSA) is 22.0 Å². The van der Waals surface area contributed by atoms with E-state index in [2.05, 4.69) is 0 Å². The molecule has 2 heteroatoms. The summed E-state index contributed by atoms with van der Waals surface area (Å²) in [6.07, 6.45) is 8.60. The first-order valence-corrected chi connectivity index (χ1v) is 3.59. The maximum atomic E-state index is 10.3. The maximum Gasteiger partial charge on any atom is 0.151 e. The fourth-order valence-electron chi connectivity index (χ4n) is 0.870. The molecule has 0 N–H and O–H groups in total. The van der Waals surface area contributed by atoms with E-state index in [1.54, 1.807) is 6.07 Å². The first kappa shape index (κ1) is 7.79. The third-order valence-electron chi connectivity index (χ3n) is 1.46. The lowest BCUT2D eigenvalue weighted by atomic mass is 10.4. The van der Waals surface area contributed by atoms with Crippen LogP contribution in [-0.2, 0) is 6.54 Å². The van der Waals surface area contributed by atoms with Gasteiger partial charge in [0.25, 0.3) is 0 Å². The normalized spacial score (nSPS) is 10.6. The Morgan fingerprint density at radius 2 is 2.45 bits per heavy atom. The average molecular weight is 149 g/mol. The van der Waals surface area contributed by atoms with Gasteiger partial charge in [-0.05, 0) is 13.0 Å². The molecule has 0 saturated carbocycles. The van der Waals surface area contributed by atoms with Gasteiger partial charge in [0, 0.05) is 24.5 Å². The number of rotatable bonds is 3. The smallest absolute Gasteiger partial charge is 0.151 e. The zero-order chi connectivity index (χ0) is 8.10. The molecular formula is C9H11NO. The number of nitrogens with zero attached hydrogens (tertiary/aromatic N) is 1. The monoisotopic (exact) mass is 149 g/mol. The van der Waals surface area contributed by atoms with E-state index >= 15 is 0 Å². The van der Waals surface area contributed by atoms with Crippen LogP contribution < -0.4 is 0 Å². The minimum atomic E-state index is 0.731. The second-order valence-corrected chi connectivity index (χ2v) is 2.33. The number of aldehydes is 1. The molecule has 0 aliphatic carbocycles. The SMILES string of the molecule is CC=CCn1ccc(C=O)c1. The molecule has 0 spiro atoms. The van der Waals surface area contributed by atoms with Gasteiger partial charge in [-0.3, -0.25) is 4.79 Å². The summed E-state index contributed by atoms with van der Waals surface area (Å²) in [5.74, 6) is 0. The molecule has 0 aromatic carbocycles. The van der Waals surface area contributed by atoms with Crippen LogP contribution >= 0.6 is 0 Å². The number of aromatic nitrogens is 1. The van der Waals surface area contributed by atoms with E-state index in [9.17, 15) is 4.79 Å². The lowest BCUT2D eigenvalue weighted by Gasteiger charge is -1.93. The van der Waals surface area contributed by atoms with Gasteiger partial charge >= 0.3 is 0 Å². The number of hydrogen-bond acceptors (Lipinski definition) is 1. The Labute approximate surface area is 66.1 Å². The van der Waals surface area contributed by atoms with Gasteiger partial charge in [0.2, 0.25) is 0 Å². The largest absolute Gasteiger partial charge is 0.350 e. The van der Waals surface area contributed by atoms with Crippen molar-refractivity contribution >= 4 is 6.29 Å². The van der Waals surface area contributed by atoms with E-state index in [4.69, 9.17) is 0 Å². The summed E-state index contributed by atoms with van der Waals surface area (Å²) in [5.41, 5.74) is 0.731. The van der Waals surface area contributed by atoms with Crippen LogP contribution in [-0.4, -0.2) is 10.9 Å². The maximum absolute atomic E-state index is 10.3. The van der Waals surface area contributed by atoms with Crippen LogP contribution in [0.2, 0.25) is 0 Å². The van der Waals surface area contributed by atoms with Crippen molar-refractivity contribution in [3.63, 3.8) is 0 Å². The van der Waals surface area contributed by atoms with Crippen molar-refractivity contribution in [2.45, 2.75) is 13.5 Å². The number of hydrogen-bond donors (Lipinski definition) is 0. The fraction of sp³-hybridized carbons (Fsp3) is 0.222. The highest BCUT2D eigenvalue weighted by Crippen LogP contribution is 1.97. The molecule has 0 amide bonds. The number of carbonyl (C=O) groups is 1. The van der Waals surface area contributed by atoms with Crippen LogP contribution in [0.5, 0.6) is 0 Å². The van der Waals surface area contributed by atoms with Crippen LogP contribution in [0.4, 0.5) is 0 Å². The quantitative estimate of drug-likeness (QED) is 0.475. The van der Waals surface area contributed by atoms with Crippen molar-refractivity contribution in [2.75, 3.05) is 0 Å². The molecule has 0 atom stereocenters. The van der Waals surface area contributed by atoms with E-state index in [0.717, 1.165) is 18.4 Å². The minimum Gasteiger partial charge on any atom is -0.350 e. The molecule has 2 nitrogen and oxygen atoms in total. The third-order valence-corrected chi connectivity index (χ3v) is 1.46. The second-order valence-electron chi connectivity index (χ2n) is 2.33. The molecule has 1 aromatic heterocycles. The van der Waals surface area contributed by atoms with Crippen LogP contribution in [0.3, 0.4) is 0 Å². The number of carbonyl (C=O) groups excluding carboxylic acids is 1.